The van der Waals surface area contributed by atoms with Crippen molar-refractivity contribution in [3.8, 4) is 0 Å². The molecule has 216 valence electrons. The Labute approximate surface area is 235 Å². The summed E-state index contributed by atoms with van der Waals surface area (Å²) in [6.07, 6.45) is 38.0. The standard InChI is InChI=1S/C35H59NO2/c1-30(2)32(35-26-24-31(29-35)25-27-35)21-19-17-15-13-11-9-7-5-3-4-6-8-10-12-14-16-18-20-28-36-33(37)22-23-34(36)38/h17,19,22-23,30-32H,3-16,18,20-21,24-29H2,1-2H3. The summed E-state index contributed by atoms with van der Waals surface area (Å²) in [4.78, 5) is 24.4. The number of imide groups is 1. The number of hydrogen-bond donors (Lipinski definition) is 0. The fourth-order valence-electron chi connectivity index (χ4n) is 7.83. The van der Waals surface area contributed by atoms with E-state index in [1.54, 1.807) is 6.42 Å². The molecule has 2 saturated carbocycles. The molecule has 0 aromatic carbocycles. The zero-order chi connectivity index (χ0) is 27.1. The van der Waals surface area contributed by atoms with E-state index >= 15 is 0 Å². The van der Waals surface area contributed by atoms with Crippen LogP contribution in [-0.4, -0.2) is 23.3 Å². The molecular weight excluding hydrogens is 466 g/mol. The van der Waals surface area contributed by atoms with Crippen molar-refractivity contribution >= 4 is 11.8 Å². The molecule has 0 radical (unpaired) electrons. The van der Waals surface area contributed by atoms with Gasteiger partial charge in [-0.05, 0) is 81.0 Å². The summed E-state index contributed by atoms with van der Waals surface area (Å²) in [6, 6.07) is 0. The van der Waals surface area contributed by atoms with Crippen molar-refractivity contribution in [1.29, 1.82) is 0 Å². The number of nitrogens with zero attached hydrogens (tertiary/aromatic N) is 1. The molecule has 2 aliphatic carbocycles. The van der Waals surface area contributed by atoms with Crippen molar-refractivity contribution < 1.29 is 9.59 Å². The lowest BCUT2D eigenvalue weighted by Crippen LogP contribution is -2.30. The lowest BCUT2D eigenvalue weighted by atomic mass is 9.67. The summed E-state index contributed by atoms with van der Waals surface area (Å²) >= 11 is 0. The van der Waals surface area contributed by atoms with Crippen LogP contribution in [0.2, 0.25) is 0 Å². The Hall–Kier alpha value is -1.38. The quantitative estimate of drug-likeness (QED) is 0.0801. The first-order chi connectivity index (χ1) is 18.5. The predicted molar refractivity (Wildman–Crippen MR) is 161 cm³/mol. The first-order valence-corrected chi connectivity index (χ1v) is 16.7. The number of carbonyl (C=O) groups excluding carboxylic acids is 2. The topological polar surface area (TPSA) is 37.4 Å². The third-order valence-corrected chi connectivity index (χ3v) is 10.1. The molecule has 0 saturated heterocycles. The molecule has 0 N–H and O–H groups in total. The van der Waals surface area contributed by atoms with Crippen molar-refractivity contribution in [2.45, 2.75) is 155 Å². The summed E-state index contributed by atoms with van der Waals surface area (Å²) in [6.45, 7) is 5.52. The van der Waals surface area contributed by atoms with Gasteiger partial charge in [0.25, 0.3) is 11.8 Å². The minimum absolute atomic E-state index is 0.145. The highest BCUT2D eigenvalue weighted by Gasteiger charge is 2.49. The third-order valence-electron chi connectivity index (χ3n) is 10.1. The van der Waals surface area contributed by atoms with Gasteiger partial charge in [0.2, 0.25) is 0 Å². The van der Waals surface area contributed by atoms with Crippen molar-refractivity contribution in [3.63, 3.8) is 0 Å². The van der Waals surface area contributed by atoms with E-state index in [-0.39, 0.29) is 11.8 Å². The minimum Gasteiger partial charge on any atom is -0.275 e. The van der Waals surface area contributed by atoms with E-state index in [9.17, 15) is 9.59 Å². The smallest absolute Gasteiger partial charge is 0.253 e. The molecule has 3 rings (SSSR count). The van der Waals surface area contributed by atoms with Crippen LogP contribution in [0.5, 0.6) is 0 Å². The van der Waals surface area contributed by atoms with Crippen LogP contribution in [0.4, 0.5) is 0 Å². The summed E-state index contributed by atoms with van der Waals surface area (Å²) in [7, 11) is 0. The molecular formula is C35H59NO2. The van der Waals surface area contributed by atoms with Gasteiger partial charge in [-0.15, -0.1) is 0 Å². The van der Waals surface area contributed by atoms with Gasteiger partial charge in [-0.3, -0.25) is 14.5 Å². The highest BCUT2D eigenvalue weighted by molar-refractivity contribution is 6.12. The zero-order valence-corrected chi connectivity index (χ0v) is 25.1. The molecule has 1 unspecified atom stereocenters. The molecule has 0 aromatic heterocycles. The van der Waals surface area contributed by atoms with E-state index < -0.39 is 0 Å². The normalized spacial score (nSPS) is 23.7. The molecule has 3 heteroatoms. The lowest BCUT2D eigenvalue weighted by molar-refractivity contribution is -0.136. The van der Waals surface area contributed by atoms with Crippen LogP contribution in [0.15, 0.2) is 24.3 Å². The van der Waals surface area contributed by atoms with E-state index in [1.807, 2.05) is 0 Å². The Balaban J connectivity index is 1.03. The van der Waals surface area contributed by atoms with Gasteiger partial charge in [-0.25, -0.2) is 0 Å². The number of carbonyl (C=O) groups is 2. The molecule has 2 bridgehead atoms. The molecule has 1 heterocycles. The molecule has 0 aromatic rings. The second kappa shape index (κ2) is 17.3. The largest absolute Gasteiger partial charge is 0.275 e. The summed E-state index contributed by atoms with van der Waals surface area (Å²) in [5.74, 6) is 2.53. The molecule has 1 aliphatic heterocycles. The van der Waals surface area contributed by atoms with Gasteiger partial charge in [-0.2, -0.15) is 0 Å². The van der Waals surface area contributed by atoms with Gasteiger partial charge in [0, 0.05) is 18.7 Å². The van der Waals surface area contributed by atoms with Crippen molar-refractivity contribution in [3.05, 3.63) is 24.3 Å². The Morgan fingerprint density at radius 2 is 1.21 bits per heavy atom. The van der Waals surface area contributed by atoms with E-state index in [4.69, 9.17) is 0 Å². The third kappa shape index (κ3) is 10.3. The first kappa shape index (κ1) is 31.2. The van der Waals surface area contributed by atoms with Gasteiger partial charge >= 0.3 is 0 Å². The second-order valence-electron chi connectivity index (χ2n) is 13.3. The molecule has 1 atom stereocenters. The predicted octanol–water partition coefficient (Wildman–Crippen LogP) is 9.95. The van der Waals surface area contributed by atoms with Crippen LogP contribution in [0.1, 0.15) is 155 Å². The number of rotatable bonds is 22. The number of allylic oxidation sites excluding steroid dienone is 2. The van der Waals surface area contributed by atoms with Gasteiger partial charge < -0.3 is 0 Å². The highest BCUT2D eigenvalue weighted by atomic mass is 16.2. The minimum atomic E-state index is -0.145. The van der Waals surface area contributed by atoms with Crippen molar-refractivity contribution in [1.82, 2.24) is 4.90 Å². The van der Waals surface area contributed by atoms with Crippen LogP contribution < -0.4 is 0 Å². The summed E-state index contributed by atoms with van der Waals surface area (Å²) in [5, 5.41) is 0. The first-order valence-electron chi connectivity index (χ1n) is 16.7. The SMILES string of the molecule is CC(C)C(CC=CCCCCCCCCCCCCCCCCCN1C(=O)C=CC1=O)C12CCC(CC1)C2. The number of amides is 2. The van der Waals surface area contributed by atoms with Crippen molar-refractivity contribution in [2.24, 2.45) is 23.2 Å². The lowest BCUT2D eigenvalue weighted by Gasteiger charge is -2.38. The van der Waals surface area contributed by atoms with Crippen LogP contribution in [0.25, 0.3) is 0 Å². The molecule has 2 amide bonds. The average Bonchev–Trinajstić information content (AvgIpc) is 3.60. The van der Waals surface area contributed by atoms with E-state index in [0.29, 0.717) is 12.0 Å². The molecule has 3 aliphatic rings. The van der Waals surface area contributed by atoms with Crippen LogP contribution in [0, 0.1) is 23.2 Å². The van der Waals surface area contributed by atoms with Crippen molar-refractivity contribution in [2.75, 3.05) is 6.54 Å². The van der Waals surface area contributed by atoms with Gasteiger partial charge in [0.05, 0.1) is 0 Å². The number of unbranched alkanes of at least 4 members (excludes halogenated alkanes) is 15. The molecule has 2 fully saturated rings. The Bertz CT molecular complexity index is 725. The van der Waals surface area contributed by atoms with E-state index in [0.717, 1.165) is 30.6 Å². The number of hydrogen-bond acceptors (Lipinski definition) is 2. The van der Waals surface area contributed by atoms with Crippen LogP contribution in [0.3, 0.4) is 0 Å². The molecule has 0 spiro atoms. The molecule has 3 nitrogen and oxygen atoms in total. The average molecular weight is 526 g/mol. The Kier molecular flexibility index (Phi) is 14.2. The Morgan fingerprint density at radius 1 is 0.737 bits per heavy atom. The summed E-state index contributed by atoms with van der Waals surface area (Å²) < 4.78 is 0. The second-order valence-corrected chi connectivity index (χ2v) is 13.3. The monoisotopic (exact) mass is 525 g/mol. The fourth-order valence-corrected chi connectivity index (χ4v) is 7.83. The maximum atomic E-state index is 11.5. The van der Waals surface area contributed by atoms with Gasteiger partial charge in [0.15, 0.2) is 0 Å². The van der Waals surface area contributed by atoms with Crippen LogP contribution in [-0.2, 0) is 9.59 Å². The van der Waals surface area contributed by atoms with Gasteiger partial charge in [0.1, 0.15) is 0 Å². The molecule has 38 heavy (non-hydrogen) atoms. The van der Waals surface area contributed by atoms with Crippen LogP contribution >= 0.6 is 0 Å². The van der Waals surface area contributed by atoms with Gasteiger partial charge in [-0.1, -0.05) is 109 Å². The number of fused-ring (bicyclic) bond motifs is 2. The van der Waals surface area contributed by atoms with E-state index in [2.05, 4.69) is 26.0 Å². The summed E-state index contributed by atoms with van der Waals surface area (Å²) in [5.41, 5.74) is 0.711. The van der Waals surface area contributed by atoms with E-state index in [1.165, 1.54) is 139 Å². The fraction of sp³-hybridized carbons (Fsp3) is 0.829. The Morgan fingerprint density at radius 3 is 1.66 bits per heavy atom. The highest BCUT2D eigenvalue weighted by Crippen LogP contribution is 2.60. The maximum Gasteiger partial charge on any atom is 0.253 e. The zero-order valence-electron chi connectivity index (χ0n) is 25.1. The maximum absolute atomic E-state index is 11.5.